The monoisotopic (exact) mass is 347 g/mol. The Balaban J connectivity index is 0.000000526. The molecule has 1 saturated carbocycles. The average Bonchev–Trinajstić information content (AvgIpc) is 3.12. The molecule has 0 radical (unpaired) electrons. The van der Waals surface area contributed by atoms with E-state index >= 15 is 0 Å². The van der Waals surface area contributed by atoms with Crippen molar-refractivity contribution in [3.63, 3.8) is 0 Å². The maximum absolute atomic E-state index is 10.4. The highest BCUT2D eigenvalue weighted by Gasteiger charge is 2.44. The summed E-state index contributed by atoms with van der Waals surface area (Å²) in [7, 11) is 0. The number of aliphatic hydroxyl groups is 1. The zero-order chi connectivity index (χ0) is 17.0. The van der Waals surface area contributed by atoms with Gasteiger partial charge in [-0.3, -0.25) is 9.69 Å². The number of likely N-dealkylation sites (tertiary alicyclic amines) is 1. The summed E-state index contributed by atoms with van der Waals surface area (Å²) >= 11 is 1.92. The molecule has 1 aromatic carbocycles. The predicted octanol–water partition coefficient (Wildman–Crippen LogP) is 3.73. The molecule has 2 N–H and O–H groups in total. The number of nitrogens with zero attached hydrogens (tertiary/aromatic N) is 1. The molecule has 0 bridgehead atoms. The third kappa shape index (κ3) is 3.63. The third-order valence-corrected chi connectivity index (χ3v) is 6.50. The molecule has 2 aromatic rings. The Morgan fingerprint density at radius 3 is 2.75 bits per heavy atom. The van der Waals surface area contributed by atoms with Gasteiger partial charge in [0.1, 0.15) is 0 Å². The standard InChI is InChI=1S/C18H23NOS.CH2O2/c20-17-7-3-8-18(17)9-4-10-19(13-18)12-15-11-14-5-1-2-6-16(14)21-15;2-1-3/h1-2,5-6,11,17,20H,3-4,7-10,12-13H2;1H,(H,2,3)/t17-,18-;/m1./s1. The normalized spacial score (nSPS) is 27.1. The van der Waals surface area contributed by atoms with Crippen LogP contribution in [0, 0.1) is 5.41 Å². The van der Waals surface area contributed by atoms with Crippen LogP contribution in [0.4, 0.5) is 0 Å². The van der Waals surface area contributed by atoms with Gasteiger partial charge >= 0.3 is 0 Å². The number of carbonyl (C=O) groups is 1. The fraction of sp³-hybridized carbons (Fsp3) is 0.526. The van der Waals surface area contributed by atoms with Crippen LogP contribution < -0.4 is 0 Å². The van der Waals surface area contributed by atoms with Crippen molar-refractivity contribution in [2.24, 2.45) is 5.41 Å². The molecule has 4 rings (SSSR count). The lowest BCUT2D eigenvalue weighted by atomic mass is 9.77. The second-order valence-electron chi connectivity index (χ2n) is 6.94. The fourth-order valence-electron chi connectivity index (χ4n) is 4.32. The van der Waals surface area contributed by atoms with Crippen molar-refractivity contribution >= 4 is 27.9 Å². The minimum atomic E-state index is -0.250. The van der Waals surface area contributed by atoms with Gasteiger partial charge in [-0.25, -0.2) is 0 Å². The number of fused-ring (bicyclic) bond motifs is 1. The highest BCUT2D eigenvalue weighted by Crippen LogP contribution is 2.45. The number of hydrogen-bond donors (Lipinski definition) is 2. The Hall–Kier alpha value is -1.43. The fourth-order valence-corrected chi connectivity index (χ4v) is 5.43. The van der Waals surface area contributed by atoms with Crippen LogP contribution in [-0.2, 0) is 11.3 Å². The van der Waals surface area contributed by atoms with Gasteiger partial charge in [0.25, 0.3) is 6.47 Å². The lowest BCUT2D eigenvalue weighted by Crippen LogP contribution is -2.46. The van der Waals surface area contributed by atoms with E-state index in [1.54, 1.807) is 0 Å². The molecular weight excluding hydrogens is 322 g/mol. The summed E-state index contributed by atoms with van der Waals surface area (Å²) in [5.41, 5.74) is 0.203. The van der Waals surface area contributed by atoms with Crippen molar-refractivity contribution in [3.8, 4) is 0 Å². The van der Waals surface area contributed by atoms with Gasteiger partial charge in [0.15, 0.2) is 0 Å². The lowest BCUT2D eigenvalue weighted by molar-refractivity contribution is -0.122. The molecule has 0 amide bonds. The van der Waals surface area contributed by atoms with E-state index in [-0.39, 0.29) is 18.0 Å². The number of carboxylic acid groups (broad SMARTS) is 1. The molecule has 2 atom stereocenters. The Morgan fingerprint density at radius 2 is 2.04 bits per heavy atom. The molecule has 0 unspecified atom stereocenters. The van der Waals surface area contributed by atoms with Crippen LogP contribution in [0.5, 0.6) is 0 Å². The number of rotatable bonds is 2. The largest absolute Gasteiger partial charge is 0.483 e. The first kappa shape index (κ1) is 17.4. The first-order valence-electron chi connectivity index (χ1n) is 8.62. The smallest absolute Gasteiger partial charge is 0.290 e. The topological polar surface area (TPSA) is 60.8 Å². The first-order chi connectivity index (χ1) is 11.7. The molecule has 1 aliphatic heterocycles. The van der Waals surface area contributed by atoms with Gasteiger partial charge in [0.05, 0.1) is 6.10 Å². The van der Waals surface area contributed by atoms with E-state index in [2.05, 4.69) is 35.2 Å². The molecule has 2 fully saturated rings. The molecule has 4 nitrogen and oxygen atoms in total. The van der Waals surface area contributed by atoms with E-state index in [1.165, 1.54) is 47.2 Å². The van der Waals surface area contributed by atoms with Crippen LogP contribution in [0.15, 0.2) is 30.3 Å². The van der Waals surface area contributed by atoms with Crippen molar-refractivity contribution in [1.82, 2.24) is 4.90 Å². The quantitative estimate of drug-likeness (QED) is 0.813. The van der Waals surface area contributed by atoms with Gasteiger partial charge < -0.3 is 10.2 Å². The Labute approximate surface area is 146 Å². The zero-order valence-corrected chi connectivity index (χ0v) is 14.7. The summed E-state index contributed by atoms with van der Waals surface area (Å²) in [6.07, 6.45) is 5.83. The summed E-state index contributed by atoms with van der Waals surface area (Å²) in [4.78, 5) is 12.4. The van der Waals surface area contributed by atoms with Crippen molar-refractivity contribution < 1.29 is 15.0 Å². The van der Waals surface area contributed by atoms with E-state index in [9.17, 15) is 5.11 Å². The van der Waals surface area contributed by atoms with Crippen molar-refractivity contribution in [3.05, 3.63) is 35.2 Å². The average molecular weight is 347 g/mol. The SMILES string of the molecule is O=CO.O[C@@H]1CCC[C@]12CCCN(Cc1cc3ccccc3s1)C2. The Morgan fingerprint density at radius 1 is 1.29 bits per heavy atom. The van der Waals surface area contributed by atoms with E-state index in [1.807, 2.05) is 11.3 Å². The van der Waals surface area contributed by atoms with E-state index in [0.29, 0.717) is 0 Å². The molecule has 24 heavy (non-hydrogen) atoms. The molecule has 1 spiro atoms. The van der Waals surface area contributed by atoms with Crippen LogP contribution in [-0.4, -0.2) is 40.8 Å². The minimum absolute atomic E-state index is 0.0669. The maximum atomic E-state index is 10.4. The lowest BCUT2D eigenvalue weighted by Gasteiger charge is -2.42. The van der Waals surface area contributed by atoms with Gasteiger partial charge in [-0.1, -0.05) is 24.6 Å². The first-order valence-corrected chi connectivity index (χ1v) is 9.44. The highest BCUT2D eigenvalue weighted by atomic mass is 32.1. The predicted molar refractivity (Wildman–Crippen MR) is 97.3 cm³/mol. The van der Waals surface area contributed by atoms with Crippen molar-refractivity contribution in [1.29, 1.82) is 0 Å². The highest BCUT2D eigenvalue weighted by molar-refractivity contribution is 7.19. The third-order valence-electron chi connectivity index (χ3n) is 5.40. The van der Waals surface area contributed by atoms with Gasteiger partial charge in [0.2, 0.25) is 0 Å². The van der Waals surface area contributed by atoms with Gasteiger partial charge in [-0.2, -0.15) is 0 Å². The molecule has 2 heterocycles. The molecular formula is C19H25NO3S. The van der Waals surface area contributed by atoms with Gasteiger partial charge in [0, 0.05) is 28.1 Å². The summed E-state index contributed by atoms with van der Waals surface area (Å²) in [5.74, 6) is 0. The Kier molecular flexibility index (Phi) is 5.54. The molecule has 130 valence electrons. The number of aliphatic hydroxyl groups excluding tert-OH is 1. The molecule has 1 saturated heterocycles. The van der Waals surface area contributed by atoms with Crippen molar-refractivity contribution in [2.45, 2.75) is 44.8 Å². The zero-order valence-electron chi connectivity index (χ0n) is 13.9. The molecule has 2 aliphatic rings. The Bertz CT molecular complexity index is 653. The van der Waals surface area contributed by atoms with E-state index in [4.69, 9.17) is 9.90 Å². The second-order valence-corrected chi connectivity index (χ2v) is 8.11. The van der Waals surface area contributed by atoms with Crippen LogP contribution in [0.3, 0.4) is 0 Å². The number of piperidine rings is 1. The molecule has 1 aliphatic carbocycles. The van der Waals surface area contributed by atoms with Gasteiger partial charge in [-0.15, -0.1) is 11.3 Å². The molecule has 5 heteroatoms. The number of benzene rings is 1. The summed E-state index contributed by atoms with van der Waals surface area (Å²) in [6, 6.07) is 11.0. The van der Waals surface area contributed by atoms with Gasteiger partial charge in [-0.05, 0) is 49.7 Å². The number of hydrogen-bond acceptors (Lipinski definition) is 4. The summed E-state index contributed by atoms with van der Waals surface area (Å²) < 4.78 is 1.39. The summed E-state index contributed by atoms with van der Waals surface area (Å²) in [5, 5.41) is 18.6. The van der Waals surface area contributed by atoms with Crippen LogP contribution in [0.25, 0.3) is 10.1 Å². The van der Waals surface area contributed by atoms with Crippen molar-refractivity contribution in [2.75, 3.05) is 13.1 Å². The summed E-state index contributed by atoms with van der Waals surface area (Å²) in [6.45, 7) is 3.07. The van der Waals surface area contributed by atoms with E-state index in [0.717, 1.165) is 19.5 Å². The van der Waals surface area contributed by atoms with Crippen LogP contribution in [0.2, 0.25) is 0 Å². The number of thiophene rings is 1. The van der Waals surface area contributed by atoms with Crippen LogP contribution in [0.1, 0.15) is 37.0 Å². The minimum Gasteiger partial charge on any atom is -0.483 e. The molecule has 1 aromatic heterocycles. The van der Waals surface area contributed by atoms with Crippen LogP contribution >= 0.6 is 11.3 Å². The van der Waals surface area contributed by atoms with E-state index < -0.39 is 0 Å². The maximum Gasteiger partial charge on any atom is 0.290 e. The second kappa shape index (κ2) is 7.64.